The molecule has 1 heterocycles. The van der Waals surface area contributed by atoms with Gasteiger partial charge in [-0.25, -0.2) is 0 Å². The molecule has 146 valence electrons. The molecule has 0 N–H and O–H groups in total. The molecule has 0 amide bonds. The van der Waals surface area contributed by atoms with E-state index in [0.29, 0.717) is 34.0 Å². The quantitative estimate of drug-likeness (QED) is 0.294. The second-order valence-corrected chi connectivity index (χ2v) is 7.81. The third-order valence-corrected chi connectivity index (χ3v) is 5.23. The predicted molar refractivity (Wildman–Crippen MR) is 114 cm³/mol. The minimum Gasteiger partial charge on any atom is -0.493 e. The van der Waals surface area contributed by atoms with E-state index in [1.165, 1.54) is 0 Å². The normalized spacial score (nSPS) is 10.9. The van der Waals surface area contributed by atoms with Gasteiger partial charge in [-0.15, -0.1) is 0 Å². The van der Waals surface area contributed by atoms with Gasteiger partial charge in [-0.2, -0.15) is 5.26 Å². The van der Waals surface area contributed by atoms with E-state index in [9.17, 15) is 5.26 Å². The molecule has 1 aromatic heterocycles. The Labute approximate surface area is 175 Å². The highest BCUT2D eigenvalue weighted by Crippen LogP contribution is 2.41. The first kappa shape index (κ1) is 21.5. The van der Waals surface area contributed by atoms with Gasteiger partial charge < -0.3 is 14.0 Å². The molecular weight excluding hydrogens is 455 g/mol. The Hall–Kier alpha value is -1.75. The van der Waals surface area contributed by atoms with Gasteiger partial charge in [0.2, 0.25) is 0 Å². The summed E-state index contributed by atoms with van der Waals surface area (Å²) in [6, 6.07) is 6.07. The maximum Gasteiger partial charge on any atom is 0.197 e. The maximum absolute atomic E-state index is 9.20. The van der Waals surface area contributed by atoms with Crippen molar-refractivity contribution in [2.75, 3.05) is 13.2 Å². The molecule has 0 unspecified atom stereocenters. The van der Waals surface area contributed by atoms with E-state index in [0.717, 1.165) is 42.6 Å². The second kappa shape index (κ2) is 10.5. The Kier molecular flexibility index (Phi) is 8.42. The van der Waals surface area contributed by atoms with Crippen molar-refractivity contribution >= 4 is 22.6 Å². The van der Waals surface area contributed by atoms with Crippen molar-refractivity contribution in [3.05, 3.63) is 27.0 Å². The van der Waals surface area contributed by atoms with E-state index in [4.69, 9.17) is 14.0 Å². The molecule has 0 atom stereocenters. The van der Waals surface area contributed by atoms with E-state index < -0.39 is 0 Å². The number of nitrogens with zero attached hydrogens (tertiary/aromatic N) is 2. The van der Waals surface area contributed by atoms with E-state index in [-0.39, 0.29) is 5.92 Å². The Bertz CT molecular complexity index is 793. The van der Waals surface area contributed by atoms with Crippen LogP contribution in [0, 0.1) is 14.9 Å². The van der Waals surface area contributed by atoms with Gasteiger partial charge in [0.05, 0.1) is 22.3 Å². The topological polar surface area (TPSA) is 68.3 Å². The smallest absolute Gasteiger partial charge is 0.197 e. The van der Waals surface area contributed by atoms with Gasteiger partial charge >= 0.3 is 0 Å². The summed E-state index contributed by atoms with van der Waals surface area (Å²) in [6.45, 7) is 9.85. The average Bonchev–Trinajstić information content (AvgIpc) is 3.02. The second-order valence-electron chi connectivity index (χ2n) is 6.73. The lowest BCUT2D eigenvalue weighted by atomic mass is 9.97. The van der Waals surface area contributed by atoms with Crippen molar-refractivity contribution in [1.29, 1.82) is 5.26 Å². The molecule has 0 saturated heterocycles. The van der Waals surface area contributed by atoms with Crippen molar-refractivity contribution in [3.63, 3.8) is 0 Å². The SMILES string of the molecule is CCCCOc1cc(OCCCC)c(C(C)C)cc1-c1onc(C#N)c1I. The van der Waals surface area contributed by atoms with Crippen LogP contribution >= 0.6 is 22.6 Å². The zero-order chi connectivity index (χ0) is 19.8. The van der Waals surface area contributed by atoms with Crippen LogP contribution in [-0.4, -0.2) is 18.4 Å². The molecular formula is C21H27IN2O3. The molecule has 0 saturated carbocycles. The lowest BCUT2D eigenvalue weighted by Gasteiger charge is -2.18. The van der Waals surface area contributed by atoms with Gasteiger partial charge in [0.1, 0.15) is 17.6 Å². The number of unbranched alkanes of at least 4 members (excludes halogenated alkanes) is 2. The summed E-state index contributed by atoms with van der Waals surface area (Å²) < 4.78 is 18.3. The summed E-state index contributed by atoms with van der Waals surface area (Å²) in [5.41, 5.74) is 2.20. The Morgan fingerprint density at radius 3 is 2.26 bits per heavy atom. The van der Waals surface area contributed by atoms with Crippen molar-refractivity contribution in [2.24, 2.45) is 0 Å². The van der Waals surface area contributed by atoms with Crippen molar-refractivity contribution in [2.45, 2.75) is 59.3 Å². The summed E-state index contributed by atoms with van der Waals surface area (Å²) in [5.74, 6) is 2.41. The summed E-state index contributed by atoms with van der Waals surface area (Å²) in [5, 5.41) is 13.1. The number of hydrogen-bond acceptors (Lipinski definition) is 5. The van der Waals surface area contributed by atoms with Crippen molar-refractivity contribution in [1.82, 2.24) is 5.16 Å². The average molecular weight is 482 g/mol. The van der Waals surface area contributed by atoms with Crippen LogP contribution in [-0.2, 0) is 0 Å². The van der Waals surface area contributed by atoms with Crippen LogP contribution in [0.4, 0.5) is 0 Å². The Morgan fingerprint density at radius 2 is 1.74 bits per heavy atom. The number of nitriles is 1. The van der Waals surface area contributed by atoms with E-state index >= 15 is 0 Å². The zero-order valence-electron chi connectivity index (χ0n) is 16.5. The van der Waals surface area contributed by atoms with Gasteiger partial charge in [-0.1, -0.05) is 45.7 Å². The molecule has 0 radical (unpaired) electrons. The van der Waals surface area contributed by atoms with Crippen LogP contribution in [0.15, 0.2) is 16.7 Å². The van der Waals surface area contributed by atoms with Crippen LogP contribution < -0.4 is 9.47 Å². The molecule has 1 aromatic carbocycles. The third kappa shape index (κ3) is 5.38. The fourth-order valence-corrected chi connectivity index (χ4v) is 3.23. The summed E-state index contributed by atoms with van der Waals surface area (Å²) in [7, 11) is 0. The highest BCUT2D eigenvalue weighted by Gasteiger charge is 2.22. The van der Waals surface area contributed by atoms with Gasteiger partial charge in [-0.05, 0) is 53.0 Å². The number of aromatic nitrogens is 1. The summed E-state index contributed by atoms with van der Waals surface area (Å²) >= 11 is 2.10. The van der Waals surface area contributed by atoms with E-state index in [1.807, 2.05) is 6.07 Å². The first-order chi connectivity index (χ1) is 13.0. The van der Waals surface area contributed by atoms with Crippen LogP contribution in [0.25, 0.3) is 11.3 Å². The standard InChI is InChI=1S/C21H27IN2O3/c1-5-7-9-25-18-12-19(26-10-8-6-2)16(11-15(18)14(3)4)21-20(22)17(13-23)24-27-21/h11-12,14H,5-10H2,1-4H3. The van der Waals surface area contributed by atoms with Crippen LogP contribution in [0.2, 0.25) is 0 Å². The Morgan fingerprint density at radius 1 is 1.11 bits per heavy atom. The molecule has 27 heavy (non-hydrogen) atoms. The van der Waals surface area contributed by atoms with Gasteiger partial charge in [0.15, 0.2) is 11.5 Å². The largest absolute Gasteiger partial charge is 0.493 e. The van der Waals surface area contributed by atoms with Gasteiger partial charge in [-0.3, -0.25) is 0 Å². The van der Waals surface area contributed by atoms with Crippen molar-refractivity contribution in [3.8, 4) is 28.9 Å². The molecule has 5 nitrogen and oxygen atoms in total. The van der Waals surface area contributed by atoms with Crippen LogP contribution in [0.5, 0.6) is 11.5 Å². The molecule has 6 heteroatoms. The third-order valence-electron chi connectivity index (χ3n) is 4.23. The van der Waals surface area contributed by atoms with Gasteiger partial charge in [0, 0.05) is 6.07 Å². The van der Waals surface area contributed by atoms with Gasteiger partial charge in [0.25, 0.3) is 0 Å². The molecule has 0 aliphatic rings. The number of ether oxygens (including phenoxy) is 2. The number of halogens is 1. The van der Waals surface area contributed by atoms with Crippen LogP contribution in [0.3, 0.4) is 0 Å². The fourth-order valence-electron chi connectivity index (χ4n) is 2.62. The summed E-state index contributed by atoms with van der Waals surface area (Å²) in [6.07, 6.45) is 4.12. The van der Waals surface area contributed by atoms with E-state index in [1.54, 1.807) is 0 Å². The molecule has 2 aromatic rings. The molecule has 0 spiro atoms. The first-order valence-corrected chi connectivity index (χ1v) is 10.6. The van der Waals surface area contributed by atoms with Crippen molar-refractivity contribution < 1.29 is 14.0 Å². The maximum atomic E-state index is 9.20. The Balaban J connectivity index is 2.52. The molecule has 0 bridgehead atoms. The monoisotopic (exact) mass is 482 g/mol. The summed E-state index contributed by atoms with van der Waals surface area (Å²) in [4.78, 5) is 0. The highest BCUT2D eigenvalue weighted by molar-refractivity contribution is 14.1. The van der Waals surface area contributed by atoms with E-state index in [2.05, 4.69) is 67.6 Å². The number of benzene rings is 1. The molecule has 0 aliphatic heterocycles. The fraction of sp³-hybridized carbons (Fsp3) is 0.524. The lowest BCUT2D eigenvalue weighted by Crippen LogP contribution is -2.04. The lowest BCUT2D eigenvalue weighted by molar-refractivity contribution is 0.291. The molecule has 2 rings (SSSR count). The minimum atomic E-state index is 0.279. The number of hydrogen-bond donors (Lipinski definition) is 0. The number of rotatable bonds is 10. The zero-order valence-corrected chi connectivity index (χ0v) is 18.6. The predicted octanol–water partition coefficient (Wildman–Crippen LogP) is 6.30. The highest BCUT2D eigenvalue weighted by atomic mass is 127. The molecule has 0 aliphatic carbocycles. The molecule has 0 fully saturated rings. The van der Waals surface area contributed by atoms with Crippen LogP contribution in [0.1, 0.15) is 70.6 Å². The first-order valence-electron chi connectivity index (χ1n) is 9.52. The minimum absolute atomic E-state index is 0.279.